The Balaban J connectivity index is 3.04. The molecule has 0 bridgehead atoms. The van der Waals surface area contributed by atoms with E-state index in [1.54, 1.807) is 25.5 Å². The maximum Gasteiger partial charge on any atom is 0.159 e. The first-order chi connectivity index (χ1) is 11.3. The molecule has 0 saturated heterocycles. The SMILES string of the molecule is C/C=C\N=CC(C)=N/C=C(\C)C#Cc1cc(C(C)=O)cc(C)c1C. The summed E-state index contributed by atoms with van der Waals surface area (Å²) in [5.41, 5.74) is 5.39. The number of carbonyl (C=O) groups excluding carboxylic acids is 1. The van der Waals surface area contributed by atoms with E-state index in [4.69, 9.17) is 0 Å². The second-order valence-electron chi connectivity index (χ2n) is 5.62. The topological polar surface area (TPSA) is 41.8 Å². The van der Waals surface area contributed by atoms with Gasteiger partial charge in [-0.15, -0.1) is 0 Å². The Morgan fingerprint density at radius 2 is 1.88 bits per heavy atom. The van der Waals surface area contributed by atoms with Gasteiger partial charge in [-0.2, -0.15) is 0 Å². The molecule has 1 aromatic rings. The quantitative estimate of drug-likeness (QED) is 0.445. The van der Waals surface area contributed by atoms with Gasteiger partial charge >= 0.3 is 0 Å². The second kappa shape index (κ2) is 9.42. The molecule has 0 N–H and O–H groups in total. The average molecular weight is 320 g/mol. The summed E-state index contributed by atoms with van der Waals surface area (Å²) in [6.07, 6.45) is 6.99. The number of hydrogen-bond donors (Lipinski definition) is 0. The molecular weight excluding hydrogens is 296 g/mol. The standard InChI is InChI=1S/C21H24N2O/c1-7-10-22-14-17(4)23-13-15(2)8-9-20-12-21(19(6)24)11-16(3)18(20)5/h7,10-14H,1-6H3/b10-7-,15-13+,22-14?,23-17?. The molecule has 1 aromatic carbocycles. The zero-order valence-electron chi connectivity index (χ0n) is 15.3. The van der Waals surface area contributed by atoms with Gasteiger partial charge in [0.25, 0.3) is 0 Å². The Bertz CT molecular complexity index is 797. The number of ketones is 1. The van der Waals surface area contributed by atoms with E-state index >= 15 is 0 Å². The van der Waals surface area contributed by atoms with E-state index in [-0.39, 0.29) is 5.78 Å². The molecule has 0 unspecified atom stereocenters. The third-order valence-corrected chi connectivity index (χ3v) is 3.43. The van der Waals surface area contributed by atoms with E-state index in [2.05, 4.69) is 21.8 Å². The smallest absolute Gasteiger partial charge is 0.159 e. The van der Waals surface area contributed by atoms with Crippen LogP contribution in [0.15, 0.2) is 46.2 Å². The van der Waals surface area contributed by atoms with E-state index in [1.807, 2.05) is 52.8 Å². The summed E-state index contributed by atoms with van der Waals surface area (Å²) in [4.78, 5) is 20.0. The predicted molar refractivity (Wildman–Crippen MR) is 103 cm³/mol. The first-order valence-corrected chi connectivity index (χ1v) is 7.85. The summed E-state index contributed by atoms with van der Waals surface area (Å²) in [6, 6.07) is 3.76. The van der Waals surface area contributed by atoms with Crippen molar-refractivity contribution in [2.24, 2.45) is 9.98 Å². The molecular formula is C21H24N2O. The number of allylic oxidation sites excluding steroid dienone is 2. The Morgan fingerprint density at radius 1 is 1.17 bits per heavy atom. The van der Waals surface area contributed by atoms with Gasteiger partial charge in [0.1, 0.15) is 0 Å². The number of hydrogen-bond acceptors (Lipinski definition) is 3. The third-order valence-electron chi connectivity index (χ3n) is 3.43. The molecule has 0 aromatic heterocycles. The Kier molecular flexibility index (Phi) is 7.58. The fourth-order valence-corrected chi connectivity index (χ4v) is 1.86. The summed E-state index contributed by atoms with van der Waals surface area (Å²) in [5, 5.41) is 0. The van der Waals surface area contributed by atoms with Crippen molar-refractivity contribution in [2.45, 2.75) is 41.5 Å². The van der Waals surface area contributed by atoms with E-state index in [0.29, 0.717) is 5.56 Å². The molecule has 3 heteroatoms. The Hall–Kier alpha value is -2.73. The van der Waals surface area contributed by atoms with Crippen LogP contribution in [0.4, 0.5) is 0 Å². The van der Waals surface area contributed by atoms with Crippen molar-refractivity contribution in [3.05, 3.63) is 58.4 Å². The molecule has 1 rings (SSSR count). The van der Waals surface area contributed by atoms with Crippen LogP contribution in [0.25, 0.3) is 0 Å². The minimum absolute atomic E-state index is 0.0501. The van der Waals surface area contributed by atoms with Crippen molar-refractivity contribution in [1.82, 2.24) is 0 Å². The molecule has 0 aliphatic carbocycles. The van der Waals surface area contributed by atoms with Crippen LogP contribution < -0.4 is 0 Å². The van der Waals surface area contributed by atoms with Crippen molar-refractivity contribution < 1.29 is 4.79 Å². The van der Waals surface area contributed by atoms with Gasteiger partial charge in [-0.25, -0.2) is 0 Å². The van der Waals surface area contributed by atoms with Crippen LogP contribution in [0.5, 0.6) is 0 Å². The van der Waals surface area contributed by atoms with Crippen molar-refractivity contribution in [3.8, 4) is 11.8 Å². The van der Waals surface area contributed by atoms with Crippen molar-refractivity contribution in [1.29, 1.82) is 0 Å². The zero-order valence-corrected chi connectivity index (χ0v) is 15.3. The summed E-state index contributed by atoms with van der Waals surface area (Å²) < 4.78 is 0. The molecule has 0 saturated carbocycles. The van der Waals surface area contributed by atoms with Crippen LogP contribution in [0.1, 0.15) is 54.7 Å². The van der Waals surface area contributed by atoms with Crippen LogP contribution in [0.2, 0.25) is 0 Å². The number of rotatable bonds is 4. The fourth-order valence-electron chi connectivity index (χ4n) is 1.86. The van der Waals surface area contributed by atoms with Crippen LogP contribution in [-0.2, 0) is 0 Å². The lowest BCUT2D eigenvalue weighted by molar-refractivity contribution is 0.101. The highest BCUT2D eigenvalue weighted by molar-refractivity contribution is 6.29. The van der Waals surface area contributed by atoms with Gasteiger partial charge in [0, 0.05) is 35.3 Å². The lowest BCUT2D eigenvalue weighted by Crippen LogP contribution is -1.97. The van der Waals surface area contributed by atoms with Crippen molar-refractivity contribution in [3.63, 3.8) is 0 Å². The highest BCUT2D eigenvalue weighted by atomic mass is 16.1. The van der Waals surface area contributed by atoms with Gasteiger partial charge in [0.2, 0.25) is 0 Å². The highest BCUT2D eigenvalue weighted by Crippen LogP contribution is 2.16. The van der Waals surface area contributed by atoms with Gasteiger partial charge in [0.15, 0.2) is 5.78 Å². The van der Waals surface area contributed by atoms with E-state index in [0.717, 1.165) is 28.0 Å². The average Bonchev–Trinajstić information content (AvgIpc) is 2.54. The molecule has 0 radical (unpaired) electrons. The number of nitrogens with zero attached hydrogens (tertiary/aromatic N) is 2. The normalized spacial score (nSPS) is 12.6. The second-order valence-corrected chi connectivity index (χ2v) is 5.62. The third kappa shape index (κ3) is 6.18. The molecule has 3 nitrogen and oxygen atoms in total. The number of carbonyl (C=O) groups is 1. The van der Waals surface area contributed by atoms with Gasteiger partial charge in [0.05, 0.1) is 5.71 Å². The highest BCUT2D eigenvalue weighted by Gasteiger charge is 2.05. The lowest BCUT2D eigenvalue weighted by atomic mass is 9.98. The molecule has 0 spiro atoms. The molecule has 124 valence electrons. The number of aryl methyl sites for hydroxylation is 1. The lowest BCUT2D eigenvalue weighted by Gasteiger charge is -2.05. The summed E-state index contributed by atoms with van der Waals surface area (Å²) in [6.45, 7) is 11.3. The molecule has 0 heterocycles. The first kappa shape index (κ1) is 19.3. The van der Waals surface area contributed by atoms with Crippen LogP contribution in [0.3, 0.4) is 0 Å². The maximum atomic E-state index is 11.6. The number of benzene rings is 1. The number of aliphatic imine (C=N–C) groups is 2. The van der Waals surface area contributed by atoms with Gasteiger partial charge in [-0.05, 0) is 64.8 Å². The minimum atomic E-state index is 0.0501. The van der Waals surface area contributed by atoms with Crippen molar-refractivity contribution in [2.75, 3.05) is 0 Å². The first-order valence-electron chi connectivity index (χ1n) is 7.85. The predicted octanol–water partition coefficient (Wildman–Crippen LogP) is 4.83. The Labute approximate surface area is 144 Å². The maximum absolute atomic E-state index is 11.6. The summed E-state index contributed by atoms with van der Waals surface area (Å²) in [5.74, 6) is 6.28. The van der Waals surface area contributed by atoms with Crippen LogP contribution >= 0.6 is 0 Å². The molecule has 24 heavy (non-hydrogen) atoms. The zero-order chi connectivity index (χ0) is 18.1. The molecule has 0 aliphatic heterocycles. The molecule has 0 amide bonds. The van der Waals surface area contributed by atoms with Crippen molar-refractivity contribution >= 4 is 17.7 Å². The molecule has 0 atom stereocenters. The van der Waals surface area contributed by atoms with Gasteiger partial charge in [-0.1, -0.05) is 17.9 Å². The van der Waals surface area contributed by atoms with E-state index < -0.39 is 0 Å². The largest absolute Gasteiger partial charge is 0.295 e. The monoisotopic (exact) mass is 320 g/mol. The fraction of sp³-hybridized carbons (Fsp3) is 0.286. The van der Waals surface area contributed by atoms with E-state index in [1.165, 1.54) is 0 Å². The van der Waals surface area contributed by atoms with Crippen LogP contribution in [0, 0.1) is 25.7 Å². The van der Waals surface area contributed by atoms with E-state index in [9.17, 15) is 4.79 Å². The number of Topliss-reactive ketones (excluding diaryl/α,β-unsaturated/α-hetero) is 1. The van der Waals surface area contributed by atoms with Gasteiger partial charge in [-0.3, -0.25) is 14.8 Å². The molecule has 0 fully saturated rings. The Morgan fingerprint density at radius 3 is 2.50 bits per heavy atom. The van der Waals surface area contributed by atoms with Gasteiger partial charge < -0.3 is 0 Å². The summed E-state index contributed by atoms with van der Waals surface area (Å²) in [7, 11) is 0. The summed E-state index contributed by atoms with van der Waals surface area (Å²) >= 11 is 0. The van der Waals surface area contributed by atoms with Crippen LogP contribution in [-0.4, -0.2) is 17.7 Å². The minimum Gasteiger partial charge on any atom is -0.295 e. The molecule has 0 aliphatic rings.